The summed E-state index contributed by atoms with van der Waals surface area (Å²) < 4.78 is 75.4. The molecule has 0 fully saturated rings. The van der Waals surface area contributed by atoms with E-state index in [9.17, 15) is 21.2 Å². The van der Waals surface area contributed by atoms with Gasteiger partial charge >= 0.3 is 0 Å². The number of nitrogens with one attached hydrogen (secondary N) is 2. The van der Waals surface area contributed by atoms with Gasteiger partial charge in [0.2, 0.25) is 12.1 Å². The van der Waals surface area contributed by atoms with E-state index in [1.165, 1.54) is 81.7 Å². The van der Waals surface area contributed by atoms with Crippen molar-refractivity contribution in [3.63, 3.8) is 0 Å². The van der Waals surface area contributed by atoms with Crippen LogP contribution in [0.4, 0.5) is 15.8 Å². The molecule has 0 saturated carbocycles. The van der Waals surface area contributed by atoms with E-state index in [0.29, 0.717) is 5.02 Å². The highest BCUT2D eigenvalue weighted by molar-refractivity contribution is 7.93. The van der Waals surface area contributed by atoms with Crippen LogP contribution < -0.4 is 14.0 Å². The second-order valence-electron chi connectivity index (χ2n) is 9.11. The molecule has 0 spiro atoms. The van der Waals surface area contributed by atoms with Crippen LogP contribution in [0.2, 0.25) is 10.0 Å². The number of halogens is 3. The van der Waals surface area contributed by atoms with Crippen LogP contribution in [0, 0.1) is 5.82 Å². The number of rotatable bonds is 9. The fourth-order valence-electron chi connectivity index (χ4n) is 4.03. The van der Waals surface area contributed by atoms with Crippen molar-refractivity contribution < 1.29 is 25.8 Å². The van der Waals surface area contributed by atoms with Gasteiger partial charge in [-0.05, 0) is 42.5 Å². The highest BCUT2D eigenvalue weighted by Crippen LogP contribution is 2.24. The van der Waals surface area contributed by atoms with Crippen LogP contribution in [0.3, 0.4) is 0 Å². The number of sulfonamides is 2. The van der Waals surface area contributed by atoms with Gasteiger partial charge in [-0.25, -0.2) is 23.9 Å². The number of anilines is 2. The van der Waals surface area contributed by atoms with E-state index in [0.717, 1.165) is 18.3 Å². The van der Waals surface area contributed by atoms with E-state index in [1.54, 1.807) is 12.1 Å². The van der Waals surface area contributed by atoms with Crippen LogP contribution in [0.25, 0.3) is 17.5 Å². The Kier molecular flexibility index (Phi) is 7.92. The van der Waals surface area contributed by atoms with Gasteiger partial charge < -0.3 is 0 Å². The summed E-state index contributed by atoms with van der Waals surface area (Å²) in [7, 11) is -8.39. The largest absolute Gasteiger partial charge is 0.295 e. The molecule has 0 amide bonds. The molecular weight excluding hydrogens is 670 g/mol. The Labute approximate surface area is 264 Å². The molecule has 6 aromatic rings. The zero-order valence-electron chi connectivity index (χ0n) is 22.4. The standard InChI is InChI=1S/C26H18Cl2FN10O4S2/c27-17-1-3-18(4-2-17)35-45(42,43)26-14-37(16-39(26)23-10-30-7-8-32-23)22-11-34-24(12-33-22)38-15-31-13-25(38)44(40,41)36-19-5-6-21(29)20(28)9-19/h1-16,35-36H/q+1. The summed E-state index contributed by atoms with van der Waals surface area (Å²) in [4.78, 5) is 20.8. The molecule has 4 aromatic heterocycles. The number of imidazole rings is 2. The summed E-state index contributed by atoms with van der Waals surface area (Å²) >= 11 is 11.7. The van der Waals surface area contributed by atoms with Crippen molar-refractivity contribution in [2.75, 3.05) is 9.44 Å². The molecule has 45 heavy (non-hydrogen) atoms. The SMILES string of the molecule is O=S(=O)(Nc1ccc(F)c(Cl)c1)c1cncn1-c1cnc(-[n+]2cc(S(=O)(=O)Nc3ccc(Cl)cc3)n(-c3cnccn3)c2)cn1. The minimum Gasteiger partial charge on any atom is -0.278 e. The third kappa shape index (κ3) is 6.32. The molecule has 19 heteroatoms. The monoisotopic (exact) mass is 687 g/mol. The van der Waals surface area contributed by atoms with E-state index < -0.39 is 25.9 Å². The van der Waals surface area contributed by atoms with Crippen LogP contribution >= 0.6 is 23.2 Å². The zero-order chi connectivity index (χ0) is 31.8. The maximum Gasteiger partial charge on any atom is 0.295 e. The first-order valence-electron chi connectivity index (χ1n) is 12.5. The van der Waals surface area contributed by atoms with Crippen molar-refractivity contribution in [3.8, 4) is 17.5 Å². The smallest absolute Gasteiger partial charge is 0.278 e. The van der Waals surface area contributed by atoms with Crippen LogP contribution in [0.1, 0.15) is 0 Å². The molecule has 4 heterocycles. The maximum absolute atomic E-state index is 13.5. The van der Waals surface area contributed by atoms with Gasteiger partial charge in [0, 0.05) is 23.1 Å². The molecular formula is C26H18Cl2FN10O4S2+. The average Bonchev–Trinajstić information content (AvgIpc) is 3.70. The lowest BCUT2D eigenvalue weighted by Gasteiger charge is -2.10. The van der Waals surface area contributed by atoms with Crippen molar-refractivity contribution >= 4 is 54.6 Å². The number of hydrogen-bond donors (Lipinski definition) is 2. The first kappa shape index (κ1) is 30.1. The summed E-state index contributed by atoms with van der Waals surface area (Å²) in [5, 5.41) is -0.297. The Balaban J connectivity index is 1.33. The summed E-state index contributed by atoms with van der Waals surface area (Å²) in [6.07, 6.45) is 11.9. The summed E-state index contributed by atoms with van der Waals surface area (Å²) in [5.41, 5.74) is 0.320. The van der Waals surface area contributed by atoms with Crippen molar-refractivity contribution in [2.45, 2.75) is 10.1 Å². The molecule has 0 atom stereocenters. The molecule has 0 unspecified atom stereocenters. The summed E-state index contributed by atoms with van der Waals surface area (Å²) in [6, 6.07) is 9.51. The highest BCUT2D eigenvalue weighted by Gasteiger charge is 2.29. The Morgan fingerprint density at radius 1 is 0.733 bits per heavy atom. The lowest BCUT2D eigenvalue weighted by molar-refractivity contribution is -0.599. The van der Waals surface area contributed by atoms with Gasteiger partial charge in [0.05, 0.1) is 23.1 Å². The predicted octanol–water partition coefficient (Wildman–Crippen LogP) is 3.57. The van der Waals surface area contributed by atoms with Gasteiger partial charge in [-0.1, -0.05) is 23.2 Å². The van der Waals surface area contributed by atoms with Crippen molar-refractivity contribution in [1.82, 2.24) is 34.1 Å². The molecule has 14 nitrogen and oxygen atoms in total. The van der Waals surface area contributed by atoms with Crippen LogP contribution in [-0.4, -0.2) is 50.9 Å². The van der Waals surface area contributed by atoms with Gasteiger partial charge in [-0.2, -0.15) is 21.4 Å². The first-order valence-corrected chi connectivity index (χ1v) is 16.2. The molecule has 0 aliphatic heterocycles. The topological polar surface area (TPSA) is 171 Å². The van der Waals surface area contributed by atoms with Gasteiger partial charge in [0.1, 0.15) is 30.7 Å². The molecule has 228 valence electrons. The van der Waals surface area contributed by atoms with Crippen LogP contribution in [-0.2, 0) is 20.0 Å². The quantitative estimate of drug-likeness (QED) is 0.216. The Morgan fingerprint density at radius 2 is 1.44 bits per heavy atom. The van der Waals surface area contributed by atoms with Crippen LogP contribution in [0.5, 0.6) is 0 Å². The maximum atomic E-state index is 13.5. The van der Waals surface area contributed by atoms with E-state index in [2.05, 4.69) is 34.4 Å². The van der Waals surface area contributed by atoms with E-state index >= 15 is 0 Å². The Morgan fingerprint density at radius 3 is 2.13 bits per heavy atom. The fraction of sp³-hybridized carbons (Fsp3) is 0. The second kappa shape index (κ2) is 11.8. The van der Waals surface area contributed by atoms with Crippen molar-refractivity contribution in [2.24, 2.45) is 0 Å². The predicted molar refractivity (Wildman–Crippen MR) is 160 cm³/mol. The lowest BCUT2D eigenvalue weighted by atomic mass is 10.3. The van der Waals surface area contributed by atoms with E-state index in [-0.39, 0.29) is 43.9 Å². The molecule has 0 bridgehead atoms. The Hall–Kier alpha value is -4.97. The summed E-state index contributed by atoms with van der Waals surface area (Å²) in [5.74, 6) is -0.221. The first-order chi connectivity index (χ1) is 21.5. The number of aromatic nitrogens is 8. The number of benzene rings is 2. The average molecular weight is 689 g/mol. The number of nitrogens with zero attached hydrogens (tertiary/aromatic N) is 8. The number of hydrogen-bond acceptors (Lipinski definition) is 9. The summed E-state index contributed by atoms with van der Waals surface area (Å²) in [6.45, 7) is 0. The minimum atomic E-state index is -4.22. The zero-order valence-corrected chi connectivity index (χ0v) is 25.5. The molecule has 0 aliphatic carbocycles. The normalized spacial score (nSPS) is 11.8. The Bertz CT molecular complexity index is 2230. The van der Waals surface area contributed by atoms with Gasteiger partial charge in [-0.15, -0.1) is 4.98 Å². The molecule has 0 radical (unpaired) electrons. The minimum absolute atomic E-state index is 0.0379. The van der Waals surface area contributed by atoms with Crippen molar-refractivity contribution in [1.29, 1.82) is 0 Å². The third-order valence-electron chi connectivity index (χ3n) is 6.08. The van der Waals surface area contributed by atoms with Gasteiger partial charge in [-0.3, -0.25) is 19.0 Å². The second-order valence-corrected chi connectivity index (χ2v) is 13.2. The van der Waals surface area contributed by atoms with E-state index in [1.807, 2.05) is 0 Å². The molecule has 0 saturated heterocycles. The van der Waals surface area contributed by atoms with Gasteiger partial charge in [0.15, 0.2) is 10.8 Å². The lowest BCUT2D eigenvalue weighted by Crippen LogP contribution is -2.29. The molecule has 6 rings (SSSR count). The molecule has 0 aliphatic rings. The third-order valence-corrected chi connectivity index (χ3v) is 9.34. The van der Waals surface area contributed by atoms with E-state index in [4.69, 9.17) is 23.2 Å². The van der Waals surface area contributed by atoms with Crippen LogP contribution in [0.15, 0.2) is 109 Å². The van der Waals surface area contributed by atoms with Gasteiger partial charge in [0.25, 0.3) is 30.9 Å². The fourth-order valence-corrected chi connectivity index (χ4v) is 6.68. The molecule has 2 aromatic carbocycles. The van der Waals surface area contributed by atoms with Crippen molar-refractivity contribution in [3.05, 3.63) is 114 Å². The highest BCUT2D eigenvalue weighted by atomic mass is 35.5. The molecule has 2 N–H and O–H groups in total.